The Balaban J connectivity index is 0.00000265. The van der Waals surface area contributed by atoms with Crippen molar-refractivity contribution in [3.8, 4) is 11.5 Å². The summed E-state index contributed by atoms with van der Waals surface area (Å²) in [4.78, 5) is 34.8. The van der Waals surface area contributed by atoms with Crippen molar-refractivity contribution >= 4 is 24.4 Å². The zero-order chi connectivity index (χ0) is 24.6. The Morgan fingerprint density at radius 1 is 1.27 bits per heavy atom. The van der Waals surface area contributed by atoms with Crippen LogP contribution in [0.15, 0.2) is 35.7 Å². The third-order valence-corrected chi connectivity index (χ3v) is 4.77. The minimum absolute atomic E-state index is 0.0520. The molecule has 0 spiro atoms. The Morgan fingerprint density at radius 2 is 2.03 bits per heavy atom. The van der Waals surface area contributed by atoms with E-state index in [-0.39, 0.29) is 18.3 Å². The van der Waals surface area contributed by atoms with Crippen molar-refractivity contribution in [3.05, 3.63) is 41.3 Å². The predicted octanol–water partition coefficient (Wildman–Crippen LogP) is 5.02. The predicted molar refractivity (Wildman–Crippen MR) is 126 cm³/mol. The molecular weight excluding hydrogens is 426 g/mol. The fourth-order valence-corrected chi connectivity index (χ4v) is 3.27. The largest absolute Gasteiger partial charge is 0.498 e. The number of ketones is 1. The van der Waals surface area contributed by atoms with Gasteiger partial charge in [0.15, 0.2) is 5.78 Å². The lowest BCUT2D eigenvalue weighted by atomic mass is 9.88. The summed E-state index contributed by atoms with van der Waals surface area (Å²) in [7, 11) is 1.51. The Hall–Kier alpha value is -3.29. The van der Waals surface area contributed by atoms with E-state index in [1.54, 1.807) is 37.3 Å². The van der Waals surface area contributed by atoms with Crippen LogP contribution in [0.25, 0.3) is 6.08 Å². The first kappa shape index (κ1) is 27.7. The highest BCUT2D eigenvalue weighted by atomic mass is 16.5. The van der Waals surface area contributed by atoms with Gasteiger partial charge in [0.25, 0.3) is 6.47 Å². The van der Waals surface area contributed by atoms with Gasteiger partial charge in [-0.05, 0) is 51.3 Å². The van der Waals surface area contributed by atoms with E-state index < -0.39 is 6.09 Å². The van der Waals surface area contributed by atoms with Gasteiger partial charge in [-0.2, -0.15) is 0 Å². The second kappa shape index (κ2) is 15.5. The van der Waals surface area contributed by atoms with Crippen LogP contribution in [0.4, 0.5) is 4.79 Å². The van der Waals surface area contributed by atoms with Crippen LogP contribution in [0.5, 0.6) is 11.5 Å². The molecule has 0 bridgehead atoms. The molecule has 1 aromatic carbocycles. The minimum atomic E-state index is -0.589. The normalized spacial score (nSPS) is 15.4. The van der Waals surface area contributed by atoms with Crippen molar-refractivity contribution < 1.29 is 33.3 Å². The summed E-state index contributed by atoms with van der Waals surface area (Å²) in [5.74, 6) is 1.62. The monoisotopic (exact) mass is 461 g/mol. The fourth-order valence-electron chi connectivity index (χ4n) is 3.27. The van der Waals surface area contributed by atoms with Crippen molar-refractivity contribution in [2.24, 2.45) is 5.92 Å². The summed E-state index contributed by atoms with van der Waals surface area (Å²) in [6.07, 6.45) is 5.43. The highest BCUT2D eigenvalue weighted by Gasteiger charge is 2.22. The molecular formula is C25H35NO7. The van der Waals surface area contributed by atoms with Gasteiger partial charge < -0.3 is 18.9 Å². The first-order valence-electron chi connectivity index (χ1n) is 11.2. The number of hydrogen-bond acceptors (Lipinski definition) is 7. The average Bonchev–Trinajstić information content (AvgIpc) is 2.80. The lowest BCUT2D eigenvalue weighted by Gasteiger charge is -2.20. The summed E-state index contributed by atoms with van der Waals surface area (Å²) >= 11 is 0. The Labute approximate surface area is 195 Å². The first-order chi connectivity index (χ1) is 16.0. The summed E-state index contributed by atoms with van der Waals surface area (Å²) in [5, 5.41) is 2.63. The first-order valence-corrected chi connectivity index (χ1v) is 11.2. The number of ether oxygens (including phenoxy) is 4. The molecule has 8 heteroatoms. The summed E-state index contributed by atoms with van der Waals surface area (Å²) < 4.78 is 20.7. The van der Waals surface area contributed by atoms with Crippen LogP contribution in [0, 0.1) is 5.92 Å². The number of alkyl carbamates (subject to hydrolysis) is 1. The highest BCUT2D eigenvalue weighted by Crippen LogP contribution is 2.27. The van der Waals surface area contributed by atoms with Crippen molar-refractivity contribution in [3.63, 3.8) is 0 Å². The van der Waals surface area contributed by atoms with Crippen LogP contribution >= 0.6 is 0 Å². The number of carbonyl (C=O) groups is 3. The summed E-state index contributed by atoms with van der Waals surface area (Å²) in [5.41, 5.74) is 1.11. The van der Waals surface area contributed by atoms with Gasteiger partial charge in [-0.1, -0.05) is 13.8 Å². The van der Waals surface area contributed by atoms with Crippen LogP contribution < -0.4 is 14.8 Å². The molecule has 1 aromatic rings. The standard InChI is InChI=1S/C23H29NO7.C2H6/c1-4-29-20-10-7-17(21(26)13-20)6-5-11-30-23(27)24-16(2)12-18-8-9-19(28-3)14-22(18)31-15-25;1-2/h8-9,12-15,17H,4-7,10-11H2,1-3H3,(H,24,27);1-2H3/b16-12+;. The Kier molecular flexibility index (Phi) is 13.0. The Morgan fingerprint density at radius 3 is 2.67 bits per heavy atom. The molecule has 1 aliphatic rings. The highest BCUT2D eigenvalue weighted by molar-refractivity contribution is 5.92. The molecule has 1 N–H and O–H groups in total. The minimum Gasteiger partial charge on any atom is -0.498 e. The number of amides is 1. The number of allylic oxidation sites excluding steroid dienone is 3. The van der Waals surface area contributed by atoms with Crippen molar-refractivity contribution in [1.29, 1.82) is 0 Å². The Bertz CT molecular complexity index is 845. The number of methoxy groups -OCH3 is 1. The van der Waals surface area contributed by atoms with Crippen molar-refractivity contribution in [1.82, 2.24) is 5.32 Å². The van der Waals surface area contributed by atoms with Gasteiger partial charge >= 0.3 is 6.09 Å². The van der Waals surface area contributed by atoms with E-state index in [2.05, 4.69) is 5.32 Å². The van der Waals surface area contributed by atoms with Gasteiger partial charge in [-0.15, -0.1) is 0 Å². The van der Waals surface area contributed by atoms with Gasteiger partial charge in [0.2, 0.25) is 0 Å². The molecule has 0 aromatic heterocycles. The molecule has 0 fully saturated rings. The molecule has 1 amide bonds. The molecule has 0 radical (unpaired) electrons. The van der Waals surface area contributed by atoms with Crippen LogP contribution in [-0.4, -0.2) is 38.7 Å². The molecule has 1 atom stereocenters. The van der Waals surface area contributed by atoms with Gasteiger partial charge in [-0.25, -0.2) is 4.79 Å². The molecule has 1 aliphatic carbocycles. The van der Waals surface area contributed by atoms with Gasteiger partial charge in [0, 0.05) is 35.7 Å². The molecule has 33 heavy (non-hydrogen) atoms. The van der Waals surface area contributed by atoms with E-state index >= 15 is 0 Å². The van der Waals surface area contributed by atoms with Gasteiger partial charge in [0.05, 0.1) is 26.1 Å². The second-order valence-electron chi connectivity index (χ2n) is 7.03. The lowest BCUT2D eigenvalue weighted by molar-refractivity contribution is -0.121. The lowest BCUT2D eigenvalue weighted by Crippen LogP contribution is -2.23. The van der Waals surface area contributed by atoms with Gasteiger partial charge in [-0.3, -0.25) is 14.9 Å². The van der Waals surface area contributed by atoms with E-state index in [1.807, 2.05) is 20.8 Å². The SMILES string of the molecule is CC.CCOC1=CC(=O)C(CCCOC(=O)N/C(C)=C/c2ccc(OC)cc2OC=O)CC1. The number of hydrogen-bond donors (Lipinski definition) is 1. The summed E-state index contributed by atoms with van der Waals surface area (Å²) in [6, 6.07) is 5.00. The number of rotatable bonds is 11. The molecule has 2 rings (SSSR count). The van der Waals surface area contributed by atoms with Crippen LogP contribution in [0.1, 0.15) is 58.9 Å². The van der Waals surface area contributed by atoms with E-state index in [4.69, 9.17) is 18.9 Å². The molecule has 0 aliphatic heterocycles. The third-order valence-electron chi connectivity index (χ3n) is 4.77. The smallest absolute Gasteiger partial charge is 0.411 e. The van der Waals surface area contributed by atoms with E-state index in [1.165, 1.54) is 7.11 Å². The molecule has 8 nitrogen and oxygen atoms in total. The second-order valence-corrected chi connectivity index (χ2v) is 7.03. The van der Waals surface area contributed by atoms with Crippen LogP contribution in [0.2, 0.25) is 0 Å². The van der Waals surface area contributed by atoms with Gasteiger partial charge in [0.1, 0.15) is 11.5 Å². The molecule has 0 saturated heterocycles. The fraction of sp³-hybridized carbons (Fsp3) is 0.480. The molecule has 1 unspecified atom stereocenters. The van der Waals surface area contributed by atoms with Crippen LogP contribution in [0.3, 0.4) is 0 Å². The van der Waals surface area contributed by atoms with E-state index in [9.17, 15) is 14.4 Å². The number of benzene rings is 1. The zero-order valence-corrected chi connectivity index (χ0v) is 20.1. The average molecular weight is 462 g/mol. The van der Waals surface area contributed by atoms with Crippen LogP contribution in [-0.2, 0) is 19.1 Å². The molecule has 0 heterocycles. The topological polar surface area (TPSA) is 100 Å². The third kappa shape index (κ3) is 9.80. The maximum Gasteiger partial charge on any atom is 0.411 e. The number of carbonyl (C=O) groups excluding carboxylic acids is 3. The maximum absolute atomic E-state index is 12.1. The maximum atomic E-state index is 12.1. The van der Waals surface area contributed by atoms with Crippen molar-refractivity contribution in [2.45, 2.75) is 53.4 Å². The van der Waals surface area contributed by atoms with Crippen molar-refractivity contribution in [2.75, 3.05) is 20.3 Å². The molecule has 182 valence electrons. The number of nitrogens with one attached hydrogen (secondary N) is 1. The zero-order valence-electron chi connectivity index (χ0n) is 20.1. The quantitative estimate of drug-likeness (QED) is 0.365. The van der Waals surface area contributed by atoms with E-state index in [0.717, 1.165) is 18.6 Å². The van der Waals surface area contributed by atoms with E-state index in [0.29, 0.717) is 48.7 Å². The molecule has 0 saturated carbocycles. The summed E-state index contributed by atoms with van der Waals surface area (Å²) in [6.45, 7) is 8.69.